The number of carbonyl (C=O) groups is 10. The molecule has 4 aliphatic rings. The van der Waals surface area contributed by atoms with Crippen LogP contribution in [0.25, 0.3) is 0 Å². The van der Waals surface area contributed by atoms with Crippen LogP contribution in [0.2, 0.25) is 0 Å². The molecule has 0 aromatic rings. The fourth-order valence-electron chi connectivity index (χ4n) is 10.1. The molecule has 2 heterocycles. The number of carbonyl (C=O) groups excluding carboxylic acids is 10. The fourth-order valence-corrected chi connectivity index (χ4v) is 10.1. The molecule has 2 saturated heterocycles. The zero-order valence-electron chi connectivity index (χ0n) is 51.4. The molecular formula is C64H102O22. The molecule has 22 heteroatoms. The van der Waals surface area contributed by atoms with Crippen molar-refractivity contribution in [2.24, 2.45) is 11.8 Å². The monoisotopic (exact) mass is 1220 g/mol. The van der Waals surface area contributed by atoms with E-state index >= 15 is 0 Å². The van der Waals surface area contributed by atoms with Crippen molar-refractivity contribution in [3.8, 4) is 0 Å². The van der Waals surface area contributed by atoms with E-state index in [0.717, 1.165) is 57.8 Å². The predicted octanol–water partition coefficient (Wildman–Crippen LogP) is 10.0. The van der Waals surface area contributed by atoms with Gasteiger partial charge < -0.3 is 56.8 Å². The summed E-state index contributed by atoms with van der Waals surface area (Å²) in [7, 11) is 0. The number of hydrogen-bond acceptors (Lipinski definition) is 22. The molecule has 0 spiro atoms. The summed E-state index contributed by atoms with van der Waals surface area (Å²) in [6.45, 7) is 2.85. The lowest BCUT2D eigenvalue weighted by Gasteiger charge is -2.18. The Hall–Kier alpha value is -5.38. The number of unbranched alkanes of at least 4 members (excludes halogenated alkanes) is 14. The van der Waals surface area contributed by atoms with Crippen LogP contribution in [-0.4, -0.2) is 150 Å². The summed E-state index contributed by atoms with van der Waals surface area (Å²) >= 11 is 0. The van der Waals surface area contributed by atoms with E-state index in [1.54, 1.807) is 0 Å². The zero-order valence-corrected chi connectivity index (χ0v) is 51.4. The second-order valence-electron chi connectivity index (χ2n) is 23.1. The van der Waals surface area contributed by atoms with Crippen LogP contribution >= 0.6 is 0 Å². The van der Waals surface area contributed by atoms with Gasteiger partial charge in [-0.15, -0.1) is 0 Å². The molecule has 0 bridgehead atoms. The predicted molar refractivity (Wildman–Crippen MR) is 309 cm³/mol. The minimum absolute atomic E-state index is 0.0831. The van der Waals surface area contributed by atoms with Gasteiger partial charge in [-0.3, -0.25) is 47.9 Å². The summed E-state index contributed by atoms with van der Waals surface area (Å²) in [6, 6.07) is 0. The van der Waals surface area contributed by atoms with E-state index in [1.165, 1.54) is 0 Å². The quantitative estimate of drug-likeness (QED) is 0.0237. The van der Waals surface area contributed by atoms with Crippen molar-refractivity contribution in [1.29, 1.82) is 0 Å². The molecule has 4 rings (SSSR count). The number of ether oxygens (including phenoxy) is 12. The fraction of sp³-hybridized carbons (Fsp3) is 0.844. The van der Waals surface area contributed by atoms with Crippen LogP contribution in [0.15, 0.2) is 0 Å². The minimum Gasteiger partial charge on any atom is -0.466 e. The van der Waals surface area contributed by atoms with Crippen LogP contribution in [0.3, 0.4) is 0 Å². The summed E-state index contributed by atoms with van der Waals surface area (Å²) in [5.74, 6) is -2.45. The number of hydrogen-bond donors (Lipinski definition) is 0. The van der Waals surface area contributed by atoms with Gasteiger partial charge in [0.15, 0.2) is 0 Å². The van der Waals surface area contributed by atoms with Crippen molar-refractivity contribution in [2.45, 2.75) is 268 Å². The van der Waals surface area contributed by atoms with Gasteiger partial charge >= 0.3 is 59.7 Å². The maximum atomic E-state index is 12.2. The van der Waals surface area contributed by atoms with Gasteiger partial charge in [0.05, 0.1) is 96.4 Å². The van der Waals surface area contributed by atoms with Crippen molar-refractivity contribution in [1.82, 2.24) is 0 Å². The average Bonchev–Trinajstić information content (AvgIpc) is 4.24. The van der Waals surface area contributed by atoms with E-state index in [9.17, 15) is 47.9 Å². The molecule has 0 radical (unpaired) electrons. The molecule has 0 aromatic heterocycles. The first-order chi connectivity index (χ1) is 41.8. The molecule has 0 aromatic carbocycles. The largest absolute Gasteiger partial charge is 0.466 e. The number of fused-ring (bicyclic) bond motifs is 2. The Kier molecular flexibility index (Phi) is 39.7. The average molecular weight is 1220 g/mol. The second-order valence-corrected chi connectivity index (χ2v) is 23.1. The van der Waals surface area contributed by atoms with Gasteiger partial charge in [-0.1, -0.05) is 0 Å². The van der Waals surface area contributed by atoms with Crippen molar-refractivity contribution in [3.05, 3.63) is 0 Å². The molecule has 2 aliphatic heterocycles. The smallest absolute Gasteiger partial charge is 0.309 e. The lowest BCUT2D eigenvalue weighted by Crippen LogP contribution is -2.24. The molecule has 2 saturated carbocycles. The maximum absolute atomic E-state index is 12.2. The van der Waals surface area contributed by atoms with Crippen LogP contribution < -0.4 is 0 Å². The van der Waals surface area contributed by atoms with Crippen molar-refractivity contribution >= 4 is 59.7 Å². The Morgan fingerprint density at radius 1 is 0.244 bits per heavy atom. The molecule has 2 aliphatic carbocycles. The molecule has 6 atom stereocenters. The summed E-state index contributed by atoms with van der Waals surface area (Å²) in [6.07, 6.45) is 23.8. The standard InChI is InChI=1S/C64H102O22/c65-55(75-37-15-1-6-24-56(66)76-38-17-3-8-26-58(68)78-40-19-5-10-28-63(73)84-48-49-33-35-51-53(46-49)85-51)25-7-2-16-39-77-57(67)27-9-4-18-41-79-59(69)29-11-20-42-80-60(70)30-12-21-43-81-61(71)31-13-22-44-82-62(72)32-14-23-45-83-64(74)50-34-36-52-54(47-50)86-52/h49-54H,1-48H2. The molecule has 490 valence electrons. The number of epoxide rings is 2. The van der Waals surface area contributed by atoms with E-state index in [1.807, 2.05) is 0 Å². The maximum Gasteiger partial charge on any atom is 0.309 e. The minimum atomic E-state index is -0.354. The molecule has 6 unspecified atom stereocenters. The topological polar surface area (TPSA) is 288 Å². The van der Waals surface area contributed by atoms with E-state index in [4.69, 9.17) is 56.8 Å². The Morgan fingerprint density at radius 2 is 0.488 bits per heavy atom. The van der Waals surface area contributed by atoms with Gasteiger partial charge in [0.25, 0.3) is 0 Å². The van der Waals surface area contributed by atoms with Crippen LogP contribution in [0.4, 0.5) is 0 Å². The van der Waals surface area contributed by atoms with Crippen LogP contribution in [-0.2, 0) is 105 Å². The van der Waals surface area contributed by atoms with Crippen molar-refractivity contribution in [2.75, 3.05) is 66.1 Å². The van der Waals surface area contributed by atoms with Crippen LogP contribution in [0.5, 0.6) is 0 Å². The summed E-state index contributed by atoms with van der Waals surface area (Å²) in [4.78, 5) is 121. The first kappa shape index (κ1) is 73.1. The highest BCUT2D eigenvalue weighted by Crippen LogP contribution is 2.40. The third-order valence-corrected chi connectivity index (χ3v) is 15.5. The lowest BCUT2D eigenvalue weighted by molar-refractivity contribution is -0.150. The second kappa shape index (κ2) is 46.7. The molecule has 4 fully saturated rings. The van der Waals surface area contributed by atoms with Crippen molar-refractivity contribution in [3.63, 3.8) is 0 Å². The Labute approximate surface area is 509 Å². The Balaban J connectivity index is 0.773. The first-order valence-corrected chi connectivity index (χ1v) is 32.7. The van der Waals surface area contributed by atoms with Gasteiger partial charge in [0, 0.05) is 57.8 Å². The molecular weight excluding hydrogens is 1120 g/mol. The zero-order chi connectivity index (χ0) is 61.7. The van der Waals surface area contributed by atoms with Crippen LogP contribution in [0, 0.1) is 11.8 Å². The van der Waals surface area contributed by atoms with Gasteiger partial charge in [-0.2, -0.15) is 0 Å². The molecule has 22 nitrogen and oxygen atoms in total. The third kappa shape index (κ3) is 38.7. The molecule has 0 N–H and O–H groups in total. The Bertz CT molecular complexity index is 1990. The van der Waals surface area contributed by atoms with Crippen LogP contribution in [0.1, 0.15) is 244 Å². The summed E-state index contributed by atoms with van der Waals surface area (Å²) < 4.78 is 63.9. The lowest BCUT2D eigenvalue weighted by atomic mass is 9.89. The highest BCUT2D eigenvalue weighted by Gasteiger charge is 2.46. The number of esters is 10. The van der Waals surface area contributed by atoms with E-state index in [2.05, 4.69) is 0 Å². The molecule has 86 heavy (non-hydrogen) atoms. The van der Waals surface area contributed by atoms with Gasteiger partial charge in [0.1, 0.15) is 0 Å². The number of rotatable bonds is 53. The van der Waals surface area contributed by atoms with Gasteiger partial charge in [-0.25, -0.2) is 0 Å². The highest BCUT2D eigenvalue weighted by atomic mass is 16.6. The van der Waals surface area contributed by atoms with Gasteiger partial charge in [-0.05, 0) is 192 Å². The summed E-state index contributed by atoms with van der Waals surface area (Å²) in [5, 5.41) is 0. The van der Waals surface area contributed by atoms with E-state index in [0.29, 0.717) is 192 Å². The Morgan fingerprint density at radius 3 is 0.779 bits per heavy atom. The SMILES string of the molecule is O=C(CCCCCOC(=O)CCCCCOC(=O)CCCCCOC(=O)CCCCOC(=O)CCCCOC(=O)CCCCOC(=O)CCCCOC(=O)C1CCC2OC2C1)OCCCCCC(=O)OCCCCCC(=O)OCC1CCC2OC2C1. The summed E-state index contributed by atoms with van der Waals surface area (Å²) in [5.41, 5.74) is 0. The van der Waals surface area contributed by atoms with Crippen molar-refractivity contribution < 1.29 is 105 Å². The first-order valence-electron chi connectivity index (χ1n) is 32.7. The third-order valence-electron chi connectivity index (χ3n) is 15.5. The highest BCUT2D eigenvalue weighted by molar-refractivity contribution is 5.73. The van der Waals surface area contributed by atoms with E-state index < -0.39 is 0 Å². The van der Waals surface area contributed by atoms with Gasteiger partial charge in [0.2, 0.25) is 0 Å². The van der Waals surface area contributed by atoms with E-state index in [-0.39, 0.29) is 156 Å². The molecule has 0 amide bonds. The normalized spacial score (nSPS) is 18.9.